The topological polar surface area (TPSA) is 64.9 Å². The van der Waals surface area contributed by atoms with Gasteiger partial charge in [0.25, 0.3) is 0 Å². The molecule has 0 aliphatic rings. The molecule has 2 heterocycles. The van der Waals surface area contributed by atoms with Crippen molar-refractivity contribution in [3.63, 3.8) is 0 Å². The SMILES string of the molecule is Nc1cc(-c2cc3cc(Cl)ccc3o2)nc(C(F)(F)F)n1. The van der Waals surface area contributed by atoms with Gasteiger partial charge in [-0.15, -0.1) is 0 Å². The largest absolute Gasteiger partial charge is 0.454 e. The van der Waals surface area contributed by atoms with Crippen molar-refractivity contribution >= 4 is 28.4 Å². The molecular weight excluding hydrogens is 307 g/mol. The van der Waals surface area contributed by atoms with Crippen LogP contribution in [0.5, 0.6) is 0 Å². The maximum atomic E-state index is 12.7. The molecule has 1 aromatic carbocycles. The molecule has 0 spiro atoms. The van der Waals surface area contributed by atoms with E-state index in [9.17, 15) is 13.2 Å². The van der Waals surface area contributed by atoms with Crippen molar-refractivity contribution in [2.24, 2.45) is 0 Å². The van der Waals surface area contributed by atoms with E-state index in [2.05, 4.69) is 9.97 Å². The van der Waals surface area contributed by atoms with Gasteiger partial charge in [0, 0.05) is 16.5 Å². The number of hydrogen-bond donors (Lipinski definition) is 1. The van der Waals surface area contributed by atoms with E-state index in [0.717, 1.165) is 0 Å². The Morgan fingerprint density at radius 1 is 1.10 bits per heavy atom. The molecule has 3 rings (SSSR count). The predicted octanol–water partition coefficient (Wildman–Crippen LogP) is 4.14. The van der Waals surface area contributed by atoms with Gasteiger partial charge in [0.05, 0.1) is 0 Å². The number of furan rings is 1. The molecule has 0 aliphatic heterocycles. The van der Waals surface area contributed by atoms with Crippen LogP contribution in [0.25, 0.3) is 22.4 Å². The molecule has 0 bridgehead atoms. The number of nitrogens with zero attached hydrogens (tertiary/aromatic N) is 2. The lowest BCUT2D eigenvalue weighted by atomic mass is 10.2. The monoisotopic (exact) mass is 313 g/mol. The highest BCUT2D eigenvalue weighted by Gasteiger charge is 2.35. The van der Waals surface area contributed by atoms with Gasteiger partial charge in [0.1, 0.15) is 17.1 Å². The first-order valence-electron chi connectivity index (χ1n) is 5.74. The number of hydrogen-bond acceptors (Lipinski definition) is 4. The van der Waals surface area contributed by atoms with Crippen LogP contribution in [0, 0.1) is 0 Å². The summed E-state index contributed by atoms with van der Waals surface area (Å²) in [6.07, 6.45) is -4.68. The first-order chi connectivity index (χ1) is 9.83. The van der Waals surface area contributed by atoms with Crippen LogP contribution in [-0.4, -0.2) is 9.97 Å². The highest BCUT2D eigenvalue weighted by molar-refractivity contribution is 6.31. The molecule has 0 amide bonds. The summed E-state index contributed by atoms with van der Waals surface area (Å²) >= 11 is 5.85. The maximum absolute atomic E-state index is 12.7. The summed E-state index contributed by atoms with van der Waals surface area (Å²) in [6.45, 7) is 0. The molecule has 0 fully saturated rings. The third-order valence-electron chi connectivity index (χ3n) is 2.73. The molecule has 2 N–H and O–H groups in total. The fourth-order valence-electron chi connectivity index (χ4n) is 1.86. The van der Waals surface area contributed by atoms with E-state index in [1.54, 1.807) is 24.3 Å². The first kappa shape index (κ1) is 13.7. The Kier molecular flexibility index (Phi) is 3.02. The summed E-state index contributed by atoms with van der Waals surface area (Å²) in [5, 5.41) is 1.15. The van der Waals surface area contributed by atoms with Crippen LogP contribution in [0.4, 0.5) is 19.0 Å². The summed E-state index contributed by atoms with van der Waals surface area (Å²) in [4.78, 5) is 6.63. The van der Waals surface area contributed by atoms with Crippen LogP contribution in [0.2, 0.25) is 5.02 Å². The number of aromatic nitrogens is 2. The number of nitrogen functional groups attached to an aromatic ring is 1. The molecule has 3 aromatic rings. The second-order valence-electron chi connectivity index (χ2n) is 4.29. The van der Waals surface area contributed by atoms with Crippen LogP contribution >= 0.6 is 11.6 Å². The lowest BCUT2D eigenvalue weighted by molar-refractivity contribution is -0.144. The van der Waals surface area contributed by atoms with Gasteiger partial charge in [0.2, 0.25) is 5.82 Å². The van der Waals surface area contributed by atoms with Crippen LogP contribution in [0.15, 0.2) is 34.7 Å². The van der Waals surface area contributed by atoms with Crippen molar-refractivity contribution in [2.45, 2.75) is 6.18 Å². The van der Waals surface area contributed by atoms with Gasteiger partial charge in [-0.25, -0.2) is 9.97 Å². The third kappa shape index (κ3) is 2.64. The maximum Gasteiger partial charge on any atom is 0.451 e. The van der Waals surface area contributed by atoms with E-state index < -0.39 is 12.0 Å². The molecule has 0 unspecified atom stereocenters. The van der Waals surface area contributed by atoms with Gasteiger partial charge in [-0.05, 0) is 24.3 Å². The number of fused-ring (bicyclic) bond motifs is 1. The molecule has 0 saturated heterocycles. The second kappa shape index (κ2) is 4.63. The van der Waals surface area contributed by atoms with E-state index in [4.69, 9.17) is 21.8 Å². The number of anilines is 1. The fourth-order valence-corrected chi connectivity index (χ4v) is 2.04. The fraction of sp³-hybridized carbons (Fsp3) is 0.0769. The first-order valence-corrected chi connectivity index (χ1v) is 6.12. The summed E-state index contributed by atoms with van der Waals surface area (Å²) < 4.78 is 43.5. The Hall–Kier alpha value is -2.28. The molecule has 0 aliphatic carbocycles. The van der Waals surface area contributed by atoms with Gasteiger partial charge < -0.3 is 10.2 Å². The van der Waals surface area contributed by atoms with Gasteiger partial charge in [-0.2, -0.15) is 13.2 Å². The number of rotatable bonds is 1. The van der Waals surface area contributed by atoms with Crippen LogP contribution in [0.3, 0.4) is 0 Å². The molecule has 0 atom stereocenters. The minimum absolute atomic E-state index is 0.0397. The standard InChI is InChI=1S/C13H7ClF3N3O/c14-7-1-2-9-6(3-7)4-10(21-9)8-5-11(18)20-12(19-8)13(15,16)17/h1-5H,(H2,18,19,20). The lowest BCUT2D eigenvalue weighted by Gasteiger charge is -2.06. The minimum atomic E-state index is -4.68. The van der Waals surface area contributed by atoms with E-state index in [1.165, 1.54) is 6.07 Å². The summed E-state index contributed by atoms with van der Waals surface area (Å²) in [6, 6.07) is 7.64. The number of alkyl halides is 3. The normalized spacial score (nSPS) is 12.0. The van der Waals surface area contributed by atoms with Gasteiger partial charge >= 0.3 is 6.18 Å². The average molecular weight is 314 g/mol. The summed E-state index contributed by atoms with van der Waals surface area (Å²) in [5.41, 5.74) is 5.84. The lowest BCUT2D eigenvalue weighted by Crippen LogP contribution is -2.12. The van der Waals surface area contributed by atoms with Crippen molar-refractivity contribution < 1.29 is 17.6 Å². The van der Waals surface area contributed by atoms with Crippen molar-refractivity contribution in [2.75, 3.05) is 5.73 Å². The minimum Gasteiger partial charge on any atom is -0.454 e. The molecule has 0 saturated carbocycles. The van der Waals surface area contributed by atoms with Crippen molar-refractivity contribution in [3.05, 3.63) is 41.2 Å². The van der Waals surface area contributed by atoms with Crippen molar-refractivity contribution in [1.29, 1.82) is 0 Å². The zero-order valence-electron chi connectivity index (χ0n) is 10.3. The number of halogens is 4. The molecule has 21 heavy (non-hydrogen) atoms. The smallest absolute Gasteiger partial charge is 0.451 e. The quantitative estimate of drug-likeness (QED) is 0.733. The van der Waals surface area contributed by atoms with E-state index in [-0.39, 0.29) is 17.3 Å². The van der Waals surface area contributed by atoms with Crippen molar-refractivity contribution in [3.8, 4) is 11.5 Å². The van der Waals surface area contributed by atoms with Gasteiger partial charge in [-0.3, -0.25) is 0 Å². The van der Waals surface area contributed by atoms with Crippen LogP contribution < -0.4 is 5.73 Å². The Labute approximate surface area is 121 Å². The highest BCUT2D eigenvalue weighted by atomic mass is 35.5. The number of benzene rings is 1. The predicted molar refractivity (Wildman–Crippen MR) is 71.7 cm³/mol. The molecular formula is C13H7ClF3N3O. The summed E-state index contributed by atoms with van der Waals surface area (Å²) in [5.74, 6) is -1.44. The summed E-state index contributed by atoms with van der Waals surface area (Å²) in [7, 11) is 0. The Morgan fingerprint density at radius 3 is 2.57 bits per heavy atom. The molecule has 8 heteroatoms. The zero-order valence-corrected chi connectivity index (χ0v) is 11.0. The van der Waals surface area contributed by atoms with E-state index in [1.807, 2.05) is 0 Å². The Morgan fingerprint density at radius 2 is 1.86 bits per heavy atom. The van der Waals surface area contributed by atoms with E-state index in [0.29, 0.717) is 16.0 Å². The van der Waals surface area contributed by atoms with Gasteiger partial charge in [-0.1, -0.05) is 11.6 Å². The second-order valence-corrected chi connectivity index (χ2v) is 4.73. The highest BCUT2D eigenvalue weighted by Crippen LogP contribution is 2.32. The molecule has 4 nitrogen and oxygen atoms in total. The molecule has 108 valence electrons. The number of nitrogens with two attached hydrogens (primary N) is 1. The van der Waals surface area contributed by atoms with E-state index >= 15 is 0 Å². The molecule has 0 radical (unpaired) electrons. The Balaban J connectivity index is 2.16. The third-order valence-corrected chi connectivity index (χ3v) is 2.97. The van der Waals surface area contributed by atoms with Crippen molar-refractivity contribution in [1.82, 2.24) is 9.97 Å². The van der Waals surface area contributed by atoms with Gasteiger partial charge in [0.15, 0.2) is 5.76 Å². The zero-order chi connectivity index (χ0) is 15.2. The van der Waals surface area contributed by atoms with Crippen LogP contribution in [-0.2, 0) is 6.18 Å². The average Bonchev–Trinajstić information content (AvgIpc) is 2.80. The molecule has 2 aromatic heterocycles. The van der Waals surface area contributed by atoms with Crippen LogP contribution in [0.1, 0.15) is 5.82 Å². The Bertz CT molecular complexity index is 829.